The van der Waals surface area contributed by atoms with E-state index in [9.17, 15) is 13.2 Å². The zero-order chi connectivity index (χ0) is 20.6. The van der Waals surface area contributed by atoms with Crippen molar-refractivity contribution in [3.8, 4) is 17.5 Å². The van der Waals surface area contributed by atoms with Crippen molar-refractivity contribution < 1.29 is 17.7 Å². The first kappa shape index (κ1) is 18.3. The average molecular weight is 393 g/mol. The third-order valence-corrected chi connectivity index (χ3v) is 4.38. The lowest BCUT2D eigenvalue weighted by Gasteiger charge is -2.11. The molecule has 4 rings (SSSR count). The van der Waals surface area contributed by atoms with E-state index >= 15 is 0 Å². The summed E-state index contributed by atoms with van der Waals surface area (Å²) < 4.78 is 47.1. The number of nitrogens with zero attached hydrogens (tertiary/aromatic N) is 5. The minimum Gasteiger partial charge on any atom is -0.340 e. The molecule has 2 aromatic heterocycles. The molecule has 0 atom stereocenters. The van der Waals surface area contributed by atoms with Crippen LogP contribution < -0.4 is 0 Å². The number of nitriles is 1. The quantitative estimate of drug-likeness (QED) is 0.450. The van der Waals surface area contributed by atoms with Crippen LogP contribution in [-0.2, 0) is 12.7 Å². The Morgan fingerprint density at radius 3 is 2.55 bits per heavy atom. The molecule has 142 valence electrons. The Labute approximate surface area is 162 Å². The zero-order valence-corrected chi connectivity index (χ0v) is 14.6. The molecule has 9 heteroatoms. The van der Waals surface area contributed by atoms with Gasteiger partial charge in [0.2, 0.25) is 0 Å². The van der Waals surface area contributed by atoms with E-state index in [1.165, 1.54) is 18.3 Å². The molecular formula is C20H10F3N5O. The van der Waals surface area contributed by atoms with Crippen molar-refractivity contribution in [3.05, 3.63) is 77.0 Å². The fourth-order valence-corrected chi connectivity index (χ4v) is 3.07. The number of hydrogen-bond acceptors (Lipinski definition) is 4. The molecule has 0 saturated heterocycles. The fourth-order valence-electron chi connectivity index (χ4n) is 3.07. The molecule has 0 aliphatic heterocycles. The Hall–Kier alpha value is -4.11. The van der Waals surface area contributed by atoms with Crippen LogP contribution in [0.15, 0.2) is 53.2 Å². The van der Waals surface area contributed by atoms with Crippen molar-refractivity contribution in [1.29, 1.82) is 5.26 Å². The molecule has 0 aliphatic carbocycles. The second kappa shape index (κ2) is 6.80. The summed E-state index contributed by atoms with van der Waals surface area (Å²) in [5.74, 6) is 0.525. The van der Waals surface area contributed by atoms with Gasteiger partial charge in [0.05, 0.1) is 30.3 Å². The fraction of sp³-hybridized carbons (Fsp3) is 0.100. The number of aromatic nitrogens is 3. The lowest BCUT2D eigenvalue weighted by molar-refractivity contribution is -0.135. The summed E-state index contributed by atoms with van der Waals surface area (Å²) in [5.41, 5.74) is 0.0442. The van der Waals surface area contributed by atoms with Gasteiger partial charge in [-0.15, -0.1) is 0 Å². The van der Waals surface area contributed by atoms with Crippen LogP contribution in [0.5, 0.6) is 0 Å². The molecule has 0 N–H and O–H groups in total. The van der Waals surface area contributed by atoms with Gasteiger partial charge in [0.25, 0.3) is 5.89 Å². The standard InChI is InChI=1S/C20H10F3N5O/c1-25-15-6-7-16-14(18(15)20(21,22)23)8-9-28(16)11-17-26-19(29-27-17)13-4-2-12(10-24)3-5-13/h2-9H,11H2. The highest BCUT2D eigenvalue weighted by molar-refractivity contribution is 5.89. The van der Waals surface area contributed by atoms with Crippen molar-refractivity contribution in [2.24, 2.45) is 0 Å². The maximum Gasteiger partial charge on any atom is 0.408 e. The molecule has 6 nitrogen and oxygen atoms in total. The number of halogens is 3. The van der Waals surface area contributed by atoms with Crippen LogP contribution in [0.2, 0.25) is 0 Å². The first-order valence-corrected chi connectivity index (χ1v) is 8.30. The van der Waals surface area contributed by atoms with Gasteiger partial charge in [-0.05, 0) is 36.4 Å². The lowest BCUT2D eigenvalue weighted by atomic mass is 10.1. The minimum absolute atomic E-state index is 0.0539. The van der Waals surface area contributed by atoms with Gasteiger partial charge in [0.15, 0.2) is 11.5 Å². The molecule has 0 aliphatic rings. The molecule has 0 saturated carbocycles. The van der Waals surface area contributed by atoms with E-state index in [-0.39, 0.29) is 23.6 Å². The number of fused-ring (bicyclic) bond motifs is 1. The number of benzene rings is 2. The van der Waals surface area contributed by atoms with Crippen LogP contribution >= 0.6 is 0 Å². The highest BCUT2D eigenvalue weighted by Crippen LogP contribution is 2.41. The first-order valence-electron chi connectivity index (χ1n) is 8.30. The maximum atomic E-state index is 13.4. The highest BCUT2D eigenvalue weighted by Gasteiger charge is 2.36. The van der Waals surface area contributed by atoms with Crippen LogP contribution in [0.1, 0.15) is 17.0 Å². The Kier molecular flexibility index (Phi) is 4.29. The van der Waals surface area contributed by atoms with Crippen molar-refractivity contribution in [2.75, 3.05) is 0 Å². The summed E-state index contributed by atoms with van der Waals surface area (Å²) in [5, 5.41) is 12.7. The van der Waals surface area contributed by atoms with Crippen molar-refractivity contribution >= 4 is 16.6 Å². The predicted molar refractivity (Wildman–Crippen MR) is 96.8 cm³/mol. The normalized spacial score (nSPS) is 11.3. The van der Waals surface area contributed by atoms with Gasteiger partial charge < -0.3 is 9.09 Å². The Balaban J connectivity index is 1.68. The molecule has 0 spiro atoms. The van der Waals surface area contributed by atoms with E-state index in [0.29, 0.717) is 16.6 Å². The number of hydrogen-bond donors (Lipinski definition) is 0. The topological polar surface area (TPSA) is 72.0 Å². The highest BCUT2D eigenvalue weighted by atomic mass is 19.4. The van der Waals surface area contributed by atoms with Crippen molar-refractivity contribution in [3.63, 3.8) is 0 Å². The minimum atomic E-state index is -4.64. The second-order valence-corrected chi connectivity index (χ2v) is 6.15. The molecule has 4 aromatic rings. The van der Waals surface area contributed by atoms with Gasteiger partial charge in [0.1, 0.15) is 0 Å². The summed E-state index contributed by atoms with van der Waals surface area (Å²) in [6, 6.07) is 12.5. The van der Waals surface area contributed by atoms with E-state index in [0.717, 1.165) is 6.07 Å². The SMILES string of the molecule is [C-]#[N+]c1ccc2c(ccn2Cc2noc(-c3ccc(C#N)cc3)n2)c1C(F)(F)F. The van der Waals surface area contributed by atoms with Gasteiger partial charge >= 0.3 is 6.18 Å². The third-order valence-electron chi connectivity index (χ3n) is 4.38. The van der Waals surface area contributed by atoms with E-state index < -0.39 is 17.4 Å². The molecule has 0 radical (unpaired) electrons. The van der Waals surface area contributed by atoms with Gasteiger partial charge in [0, 0.05) is 22.7 Å². The lowest BCUT2D eigenvalue weighted by Crippen LogP contribution is -2.06. The largest absolute Gasteiger partial charge is 0.408 e. The summed E-state index contributed by atoms with van der Waals surface area (Å²) in [4.78, 5) is 7.26. The van der Waals surface area contributed by atoms with Gasteiger partial charge in [-0.25, -0.2) is 4.85 Å². The third kappa shape index (κ3) is 3.30. The van der Waals surface area contributed by atoms with E-state index in [2.05, 4.69) is 15.0 Å². The smallest absolute Gasteiger partial charge is 0.340 e. The van der Waals surface area contributed by atoms with Crippen LogP contribution in [0.4, 0.5) is 18.9 Å². The van der Waals surface area contributed by atoms with E-state index in [4.69, 9.17) is 16.4 Å². The van der Waals surface area contributed by atoms with Crippen LogP contribution in [-0.4, -0.2) is 14.7 Å². The maximum absolute atomic E-state index is 13.4. The van der Waals surface area contributed by atoms with Gasteiger partial charge in [-0.2, -0.15) is 23.4 Å². The summed E-state index contributed by atoms with van der Waals surface area (Å²) >= 11 is 0. The van der Waals surface area contributed by atoms with Crippen molar-refractivity contribution in [2.45, 2.75) is 12.7 Å². The predicted octanol–water partition coefficient (Wildman–Crippen LogP) is 5.18. The zero-order valence-electron chi connectivity index (χ0n) is 14.6. The molecule has 2 heterocycles. The van der Waals surface area contributed by atoms with Crippen LogP contribution in [0.25, 0.3) is 27.2 Å². The van der Waals surface area contributed by atoms with Crippen LogP contribution in [0.3, 0.4) is 0 Å². The molecule has 0 unspecified atom stereocenters. The molecule has 0 bridgehead atoms. The van der Waals surface area contributed by atoms with Gasteiger partial charge in [-0.3, -0.25) is 0 Å². The Morgan fingerprint density at radius 2 is 1.90 bits per heavy atom. The molecule has 2 aromatic carbocycles. The Morgan fingerprint density at radius 1 is 1.14 bits per heavy atom. The Bertz CT molecular complexity index is 1290. The average Bonchev–Trinajstić information content (AvgIpc) is 3.34. The number of rotatable bonds is 3. The molecule has 0 amide bonds. The second-order valence-electron chi connectivity index (χ2n) is 6.15. The summed E-state index contributed by atoms with van der Waals surface area (Å²) in [6.07, 6.45) is -3.15. The van der Waals surface area contributed by atoms with Gasteiger partial charge in [-0.1, -0.05) is 11.2 Å². The summed E-state index contributed by atoms with van der Waals surface area (Å²) in [7, 11) is 0. The van der Waals surface area contributed by atoms with E-state index in [1.807, 2.05) is 6.07 Å². The monoisotopic (exact) mass is 393 g/mol. The molecular weight excluding hydrogens is 383 g/mol. The van der Waals surface area contributed by atoms with Crippen molar-refractivity contribution in [1.82, 2.24) is 14.7 Å². The molecule has 29 heavy (non-hydrogen) atoms. The van der Waals surface area contributed by atoms with E-state index in [1.54, 1.807) is 28.8 Å². The first-order chi connectivity index (χ1) is 13.9. The summed E-state index contributed by atoms with van der Waals surface area (Å²) in [6.45, 7) is 7.10. The number of alkyl halides is 3. The molecule has 0 fully saturated rings. The van der Waals surface area contributed by atoms with Crippen LogP contribution in [0, 0.1) is 17.9 Å².